The van der Waals surface area contributed by atoms with Gasteiger partial charge in [0.05, 0.1) is 6.20 Å². The quantitative estimate of drug-likeness (QED) is 0.517. The third kappa shape index (κ3) is 5.35. The monoisotopic (exact) mass is 498 g/mol. The molecule has 11 heteroatoms. The first-order valence-corrected chi connectivity index (χ1v) is 14.3. The van der Waals surface area contributed by atoms with Crippen molar-refractivity contribution in [2.45, 2.75) is 106 Å². The molecule has 0 spiro atoms. The number of sulfonamides is 1. The van der Waals surface area contributed by atoms with Crippen molar-refractivity contribution in [2.24, 2.45) is 5.92 Å². The molecule has 0 bridgehead atoms. The number of hydrogen-bond donors (Lipinski definition) is 3. The minimum Gasteiger partial charge on any atom is -0.480 e. The van der Waals surface area contributed by atoms with E-state index in [9.17, 15) is 23.1 Å². The van der Waals surface area contributed by atoms with Crippen LogP contribution in [0.15, 0.2) is 10.4 Å². The van der Waals surface area contributed by atoms with Gasteiger partial charge in [0.2, 0.25) is 0 Å². The van der Waals surface area contributed by atoms with Gasteiger partial charge in [0.25, 0.3) is 10.0 Å². The van der Waals surface area contributed by atoms with Crippen LogP contribution in [0.5, 0.6) is 0 Å². The molecule has 3 aliphatic rings. The van der Waals surface area contributed by atoms with E-state index < -0.39 is 21.5 Å². The average molecular weight is 499 g/mol. The van der Waals surface area contributed by atoms with Gasteiger partial charge in [0.1, 0.15) is 5.54 Å². The number of nitrogens with one attached hydrogen (secondary N) is 2. The van der Waals surface area contributed by atoms with Gasteiger partial charge in [0, 0.05) is 12.1 Å². The number of amides is 2. The summed E-state index contributed by atoms with van der Waals surface area (Å²) in [5.74, 6) is -0.484. The standard InChI is InChI=1S/C22H34N4O5S2/c1-15-8-10-17(11-9-15)26(16-6-3-2-4-7-16)21(29)24-20-23-14-18(32-20)33(30,31)25-22(19(27)28)12-5-13-22/h14-17,25H,2-13H2,1H3,(H,27,28)(H,23,24,29). The van der Waals surface area contributed by atoms with Crippen LogP contribution >= 0.6 is 11.3 Å². The maximum atomic E-state index is 13.4. The summed E-state index contributed by atoms with van der Waals surface area (Å²) in [7, 11) is -4.05. The summed E-state index contributed by atoms with van der Waals surface area (Å²) < 4.78 is 27.8. The Morgan fingerprint density at radius 1 is 1.06 bits per heavy atom. The predicted octanol–water partition coefficient (Wildman–Crippen LogP) is 4.17. The fourth-order valence-corrected chi connectivity index (χ4v) is 7.74. The van der Waals surface area contributed by atoms with E-state index in [1.807, 2.05) is 4.90 Å². The van der Waals surface area contributed by atoms with Crippen LogP contribution in [0.1, 0.15) is 84.0 Å². The zero-order valence-electron chi connectivity index (χ0n) is 19.1. The van der Waals surface area contributed by atoms with Crippen molar-refractivity contribution in [3.05, 3.63) is 6.20 Å². The lowest BCUT2D eigenvalue weighted by Crippen LogP contribution is -2.58. The van der Waals surface area contributed by atoms with Crippen LogP contribution in [0.3, 0.4) is 0 Å². The van der Waals surface area contributed by atoms with Crippen LogP contribution in [0.2, 0.25) is 0 Å². The smallest absolute Gasteiger partial charge is 0.324 e. The molecule has 0 aromatic carbocycles. The first-order valence-electron chi connectivity index (χ1n) is 12.0. The molecule has 2 amide bonds. The van der Waals surface area contributed by atoms with E-state index in [-0.39, 0.29) is 40.3 Å². The Bertz CT molecular complexity index is 961. The number of carboxylic acid groups (broad SMARTS) is 1. The zero-order valence-corrected chi connectivity index (χ0v) is 20.7. The summed E-state index contributed by atoms with van der Waals surface area (Å²) in [5, 5.41) is 12.5. The largest absolute Gasteiger partial charge is 0.480 e. The molecule has 0 radical (unpaired) electrons. The number of rotatable bonds is 7. The Morgan fingerprint density at radius 3 is 2.27 bits per heavy atom. The molecule has 0 atom stereocenters. The molecule has 184 valence electrons. The fourth-order valence-electron chi connectivity index (χ4n) is 5.30. The molecule has 4 rings (SSSR count). The molecule has 1 aromatic rings. The molecule has 0 unspecified atom stereocenters. The second-order valence-electron chi connectivity index (χ2n) is 9.87. The van der Waals surface area contributed by atoms with Gasteiger partial charge in [-0.25, -0.2) is 18.2 Å². The topological polar surface area (TPSA) is 129 Å². The number of aliphatic carboxylic acids is 1. The number of nitrogens with zero attached hydrogens (tertiary/aromatic N) is 2. The van der Waals surface area contributed by atoms with Crippen LogP contribution in [0.4, 0.5) is 9.93 Å². The van der Waals surface area contributed by atoms with Gasteiger partial charge in [-0.2, -0.15) is 4.72 Å². The van der Waals surface area contributed by atoms with E-state index in [2.05, 4.69) is 21.9 Å². The van der Waals surface area contributed by atoms with Crippen LogP contribution in [0, 0.1) is 5.92 Å². The van der Waals surface area contributed by atoms with Crippen molar-refractivity contribution >= 4 is 38.5 Å². The lowest BCUT2D eigenvalue weighted by molar-refractivity contribution is -0.147. The molecule has 3 fully saturated rings. The Labute approximate surface area is 199 Å². The summed E-state index contributed by atoms with van der Waals surface area (Å²) in [6.07, 6.45) is 12.0. The molecule has 3 N–H and O–H groups in total. The highest BCUT2D eigenvalue weighted by Crippen LogP contribution is 2.36. The minimum absolute atomic E-state index is 0.0963. The average Bonchev–Trinajstić information content (AvgIpc) is 3.22. The molecular formula is C22H34N4O5S2. The molecule has 3 saturated carbocycles. The molecule has 0 saturated heterocycles. The maximum Gasteiger partial charge on any atom is 0.324 e. The lowest BCUT2D eigenvalue weighted by Gasteiger charge is -2.42. The number of thiazole rings is 1. The number of anilines is 1. The van der Waals surface area contributed by atoms with Gasteiger partial charge < -0.3 is 10.0 Å². The summed E-state index contributed by atoms with van der Waals surface area (Å²) in [4.78, 5) is 31.0. The van der Waals surface area contributed by atoms with E-state index in [0.29, 0.717) is 12.3 Å². The van der Waals surface area contributed by atoms with E-state index in [4.69, 9.17) is 0 Å². The lowest BCUT2D eigenvalue weighted by atomic mass is 9.78. The number of carboxylic acids is 1. The van der Waals surface area contributed by atoms with Crippen LogP contribution in [-0.2, 0) is 14.8 Å². The summed E-state index contributed by atoms with van der Waals surface area (Å²) in [6, 6.07) is 0.188. The van der Waals surface area contributed by atoms with E-state index in [1.54, 1.807) is 0 Å². The summed E-state index contributed by atoms with van der Waals surface area (Å²) >= 11 is 0.853. The highest BCUT2D eigenvalue weighted by molar-refractivity contribution is 7.91. The van der Waals surface area contributed by atoms with E-state index in [1.165, 1.54) is 12.6 Å². The highest BCUT2D eigenvalue weighted by Gasteiger charge is 2.48. The first-order chi connectivity index (χ1) is 15.7. The fraction of sp³-hybridized carbons (Fsp3) is 0.773. The normalized spacial score (nSPS) is 25.7. The maximum absolute atomic E-state index is 13.4. The number of carbonyl (C=O) groups excluding carboxylic acids is 1. The van der Waals surface area contributed by atoms with Crippen molar-refractivity contribution in [2.75, 3.05) is 5.32 Å². The second kappa shape index (κ2) is 9.87. The van der Waals surface area contributed by atoms with Gasteiger partial charge in [-0.15, -0.1) is 0 Å². The van der Waals surface area contributed by atoms with Crippen molar-refractivity contribution in [3.63, 3.8) is 0 Å². The van der Waals surface area contributed by atoms with Gasteiger partial charge >= 0.3 is 12.0 Å². The predicted molar refractivity (Wildman–Crippen MR) is 126 cm³/mol. The van der Waals surface area contributed by atoms with E-state index in [0.717, 1.165) is 62.7 Å². The van der Waals surface area contributed by atoms with E-state index >= 15 is 0 Å². The van der Waals surface area contributed by atoms with Gasteiger partial charge in [-0.1, -0.05) is 37.5 Å². The first kappa shape index (κ1) is 24.4. The third-order valence-electron chi connectivity index (χ3n) is 7.49. The molecule has 1 aromatic heterocycles. The van der Waals surface area contributed by atoms with Crippen molar-refractivity contribution in [1.82, 2.24) is 14.6 Å². The zero-order chi connectivity index (χ0) is 23.6. The van der Waals surface area contributed by atoms with Crippen molar-refractivity contribution < 1.29 is 23.1 Å². The Kier molecular flexibility index (Phi) is 7.30. The number of hydrogen-bond acceptors (Lipinski definition) is 6. The minimum atomic E-state index is -4.05. The van der Waals surface area contributed by atoms with Crippen LogP contribution in [-0.4, -0.2) is 53.0 Å². The summed E-state index contributed by atoms with van der Waals surface area (Å²) in [6.45, 7) is 2.25. The molecular weight excluding hydrogens is 464 g/mol. The molecule has 1 heterocycles. The Morgan fingerprint density at radius 2 is 1.70 bits per heavy atom. The number of aromatic nitrogens is 1. The molecule has 3 aliphatic carbocycles. The van der Waals surface area contributed by atoms with Gasteiger partial charge in [0.15, 0.2) is 9.34 Å². The van der Waals surface area contributed by atoms with Crippen LogP contribution in [0.25, 0.3) is 0 Å². The molecule has 33 heavy (non-hydrogen) atoms. The number of carbonyl (C=O) groups is 2. The second-order valence-corrected chi connectivity index (χ2v) is 12.8. The Balaban J connectivity index is 1.47. The molecule has 0 aliphatic heterocycles. The van der Waals surface area contributed by atoms with Gasteiger partial charge in [-0.05, 0) is 63.7 Å². The SMILES string of the molecule is CC1CCC(N(C(=O)Nc2ncc(S(=O)(=O)NC3(C(=O)O)CCC3)s2)C2CCCCC2)CC1. The molecule has 9 nitrogen and oxygen atoms in total. The Hall–Kier alpha value is -1.72. The van der Waals surface area contributed by atoms with Crippen LogP contribution < -0.4 is 10.0 Å². The summed E-state index contributed by atoms with van der Waals surface area (Å²) in [5.41, 5.74) is -1.44. The van der Waals surface area contributed by atoms with Gasteiger partial charge in [-0.3, -0.25) is 10.1 Å². The number of urea groups is 1. The van der Waals surface area contributed by atoms with Crippen molar-refractivity contribution in [3.8, 4) is 0 Å². The highest BCUT2D eigenvalue weighted by atomic mass is 32.2. The van der Waals surface area contributed by atoms with Crippen molar-refractivity contribution in [1.29, 1.82) is 0 Å². The third-order valence-corrected chi connectivity index (χ3v) is 10.4.